The maximum Gasteiger partial charge on any atom is 0.142 e. The summed E-state index contributed by atoms with van der Waals surface area (Å²) < 4.78 is 0. The number of aliphatic hydroxyl groups excluding tert-OH is 2. The Labute approximate surface area is 90.2 Å². The lowest BCUT2D eigenvalue weighted by atomic mass is 10.0. The van der Waals surface area contributed by atoms with Gasteiger partial charge in [-0.3, -0.25) is 4.98 Å². The van der Waals surface area contributed by atoms with E-state index in [4.69, 9.17) is 5.11 Å². The molecule has 0 fully saturated rings. The van der Waals surface area contributed by atoms with Gasteiger partial charge in [-0.25, -0.2) is 0 Å². The van der Waals surface area contributed by atoms with Gasteiger partial charge in [0, 0.05) is 17.3 Å². The summed E-state index contributed by atoms with van der Waals surface area (Å²) in [6, 6.07) is 0. The lowest BCUT2D eigenvalue weighted by Gasteiger charge is -2.13. The number of hydrogen-bond acceptors (Lipinski definition) is 4. The molecule has 0 radical (unpaired) electrons. The highest BCUT2D eigenvalue weighted by atomic mass is 16.3. The Bertz CT molecular complexity index is 311. The molecule has 3 N–H and O–H groups in total. The number of rotatable bonds is 2. The van der Waals surface area contributed by atoms with Crippen molar-refractivity contribution in [1.82, 2.24) is 4.98 Å². The van der Waals surface area contributed by atoms with Crippen LogP contribution in [0.2, 0.25) is 0 Å². The lowest BCUT2D eigenvalue weighted by Crippen LogP contribution is -2.02. The first-order chi connectivity index (χ1) is 7.07. The van der Waals surface area contributed by atoms with Crippen molar-refractivity contribution in [3.8, 4) is 5.75 Å². The Kier molecular flexibility index (Phi) is 5.89. The van der Waals surface area contributed by atoms with Crippen LogP contribution >= 0.6 is 0 Å². The van der Waals surface area contributed by atoms with Crippen LogP contribution in [0, 0.1) is 6.92 Å². The van der Waals surface area contributed by atoms with Gasteiger partial charge in [0.05, 0.1) is 18.4 Å². The van der Waals surface area contributed by atoms with Crippen LogP contribution < -0.4 is 0 Å². The van der Waals surface area contributed by atoms with Crippen molar-refractivity contribution in [1.29, 1.82) is 0 Å². The molecule has 1 heterocycles. The standard InChI is InChI=1S/C9H13NO3.C2H6/c1-5-9(13)8(6(2)12)7(4-11)3-10-5;1-2/h3,6,11-13H,4H2,1-2H3;1-2H3/t6-;/m1./s1. The molecule has 0 aliphatic heterocycles. The fourth-order valence-corrected chi connectivity index (χ4v) is 1.24. The van der Waals surface area contributed by atoms with Gasteiger partial charge < -0.3 is 15.3 Å². The van der Waals surface area contributed by atoms with Gasteiger partial charge in [0.15, 0.2) is 0 Å². The molecule has 0 aromatic carbocycles. The van der Waals surface area contributed by atoms with Crippen LogP contribution in [0.4, 0.5) is 0 Å². The van der Waals surface area contributed by atoms with Crippen molar-refractivity contribution in [3.05, 3.63) is 23.0 Å². The molecule has 15 heavy (non-hydrogen) atoms. The Hall–Kier alpha value is -1.13. The van der Waals surface area contributed by atoms with Gasteiger partial charge in [0.1, 0.15) is 5.75 Å². The third kappa shape index (κ3) is 3.18. The number of aromatic hydroxyl groups is 1. The molecule has 0 saturated heterocycles. The molecule has 4 heteroatoms. The van der Waals surface area contributed by atoms with Gasteiger partial charge >= 0.3 is 0 Å². The van der Waals surface area contributed by atoms with Crippen molar-refractivity contribution in [2.75, 3.05) is 0 Å². The summed E-state index contributed by atoms with van der Waals surface area (Å²) in [6.07, 6.45) is 0.653. The third-order valence-electron chi connectivity index (χ3n) is 1.95. The predicted molar refractivity (Wildman–Crippen MR) is 58.5 cm³/mol. The van der Waals surface area contributed by atoms with Gasteiger partial charge in [-0.2, -0.15) is 0 Å². The van der Waals surface area contributed by atoms with E-state index in [9.17, 15) is 10.2 Å². The zero-order valence-corrected chi connectivity index (χ0v) is 9.65. The van der Waals surface area contributed by atoms with E-state index in [1.54, 1.807) is 6.92 Å². The zero-order chi connectivity index (χ0) is 12.0. The van der Waals surface area contributed by atoms with Gasteiger partial charge in [0.2, 0.25) is 0 Å². The average Bonchev–Trinajstić information content (AvgIpc) is 2.24. The molecule has 0 saturated carbocycles. The number of aromatic nitrogens is 1. The molecule has 1 atom stereocenters. The van der Waals surface area contributed by atoms with Crippen LogP contribution in [0.15, 0.2) is 6.20 Å². The molecular weight excluding hydrogens is 194 g/mol. The van der Waals surface area contributed by atoms with Crippen LogP contribution in [-0.4, -0.2) is 20.3 Å². The van der Waals surface area contributed by atoms with E-state index in [0.717, 1.165) is 0 Å². The second-order valence-corrected chi connectivity index (χ2v) is 2.97. The van der Waals surface area contributed by atoms with Crippen molar-refractivity contribution in [2.45, 2.75) is 40.4 Å². The summed E-state index contributed by atoms with van der Waals surface area (Å²) in [5.74, 6) is -0.0402. The zero-order valence-electron chi connectivity index (χ0n) is 9.65. The van der Waals surface area contributed by atoms with Gasteiger partial charge in [-0.1, -0.05) is 13.8 Å². The lowest BCUT2D eigenvalue weighted by molar-refractivity contribution is 0.188. The van der Waals surface area contributed by atoms with Crippen molar-refractivity contribution >= 4 is 0 Å². The predicted octanol–water partition coefficient (Wildman–Crippen LogP) is 1.67. The van der Waals surface area contributed by atoms with Gasteiger partial charge in [-0.05, 0) is 13.8 Å². The molecular formula is C11H19NO3. The molecule has 4 nitrogen and oxygen atoms in total. The van der Waals surface area contributed by atoms with Crippen LogP contribution in [0.1, 0.15) is 43.7 Å². The molecule has 86 valence electrons. The third-order valence-corrected chi connectivity index (χ3v) is 1.95. The molecule has 0 unspecified atom stereocenters. The maximum atomic E-state index is 9.55. The van der Waals surface area contributed by atoms with E-state index in [0.29, 0.717) is 16.8 Å². The molecule has 0 amide bonds. The number of hydrogen-bond donors (Lipinski definition) is 3. The summed E-state index contributed by atoms with van der Waals surface area (Å²) in [5.41, 5.74) is 1.27. The summed E-state index contributed by atoms with van der Waals surface area (Å²) in [7, 11) is 0. The van der Waals surface area contributed by atoms with Crippen LogP contribution in [0.3, 0.4) is 0 Å². The first-order valence-corrected chi connectivity index (χ1v) is 5.04. The highest BCUT2D eigenvalue weighted by Crippen LogP contribution is 2.29. The van der Waals surface area contributed by atoms with Crippen LogP contribution in [0.5, 0.6) is 5.75 Å². The topological polar surface area (TPSA) is 73.6 Å². The first-order valence-electron chi connectivity index (χ1n) is 5.04. The molecule has 0 aliphatic carbocycles. The molecule has 1 rings (SSSR count). The number of pyridine rings is 1. The molecule has 0 bridgehead atoms. The smallest absolute Gasteiger partial charge is 0.142 e. The highest BCUT2D eigenvalue weighted by Gasteiger charge is 2.15. The minimum Gasteiger partial charge on any atom is -0.506 e. The summed E-state index contributed by atoms with van der Waals surface area (Å²) in [6.45, 7) is 6.94. The number of nitrogens with zero attached hydrogens (tertiary/aromatic N) is 1. The van der Waals surface area contributed by atoms with E-state index < -0.39 is 6.10 Å². The summed E-state index contributed by atoms with van der Waals surface area (Å²) in [4.78, 5) is 3.87. The Morgan fingerprint density at radius 3 is 2.33 bits per heavy atom. The van der Waals surface area contributed by atoms with Crippen molar-refractivity contribution in [3.63, 3.8) is 0 Å². The Morgan fingerprint density at radius 1 is 1.40 bits per heavy atom. The monoisotopic (exact) mass is 213 g/mol. The van der Waals surface area contributed by atoms with Crippen molar-refractivity contribution < 1.29 is 15.3 Å². The second kappa shape index (κ2) is 6.37. The molecule has 1 aromatic heterocycles. The maximum absolute atomic E-state index is 9.55. The molecule has 0 aliphatic rings. The van der Waals surface area contributed by atoms with E-state index in [1.807, 2.05) is 13.8 Å². The van der Waals surface area contributed by atoms with E-state index in [2.05, 4.69) is 4.98 Å². The Morgan fingerprint density at radius 2 is 1.93 bits per heavy atom. The fraction of sp³-hybridized carbons (Fsp3) is 0.545. The molecule has 1 aromatic rings. The second-order valence-electron chi connectivity index (χ2n) is 2.97. The minimum absolute atomic E-state index is 0.0402. The minimum atomic E-state index is -0.802. The average molecular weight is 213 g/mol. The largest absolute Gasteiger partial charge is 0.506 e. The Balaban J connectivity index is 0.000000921. The van der Waals surface area contributed by atoms with Crippen LogP contribution in [-0.2, 0) is 6.61 Å². The quantitative estimate of drug-likeness (QED) is 0.698. The SMILES string of the molecule is CC.Cc1ncc(CO)c([C@@H](C)O)c1O. The summed E-state index contributed by atoms with van der Waals surface area (Å²) >= 11 is 0. The van der Waals surface area contributed by atoms with E-state index in [-0.39, 0.29) is 12.4 Å². The van der Waals surface area contributed by atoms with Gasteiger partial charge in [-0.15, -0.1) is 0 Å². The van der Waals surface area contributed by atoms with Crippen LogP contribution in [0.25, 0.3) is 0 Å². The van der Waals surface area contributed by atoms with Crippen molar-refractivity contribution in [2.24, 2.45) is 0 Å². The molecule has 0 spiro atoms. The van der Waals surface area contributed by atoms with Gasteiger partial charge in [0.25, 0.3) is 0 Å². The summed E-state index contributed by atoms with van der Waals surface area (Å²) in [5, 5.41) is 27.8. The number of aryl methyl sites for hydroxylation is 1. The van der Waals surface area contributed by atoms with E-state index >= 15 is 0 Å². The fourth-order valence-electron chi connectivity index (χ4n) is 1.24. The van der Waals surface area contributed by atoms with E-state index in [1.165, 1.54) is 13.1 Å². The number of aliphatic hydroxyl groups is 2. The highest BCUT2D eigenvalue weighted by molar-refractivity contribution is 5.41. The first kappa shape index (κ1) is 13.9. The normalized spacial score (nSPS) is 11.6.